The average Bonchev–Trinajstić information content (AvgIpc) is 2.70. The van der Waals surface area contributed by atoms with Gasteiger partial charge in [0.25, 0.3) is 0 Å². The van der Waals surface area contributed by atoms with Gasteiger partial charge in [0.05, 0.1) is 13.2 Å². The molecule has 0 aromatic carbocycles. The molecule has 1 heterocycles. The summed E-state index contributed by atoms with van der Waals surface area (Å²) in [5.41, 5.74) is 0. The summed E-state index contributed by atoms with van der Waals surface area (Å²) in [4.78, 5) is 4.44. The summed E-state index contributed by atoms with van der Waals surface area (Å²) in [7, 11) is 0. The second-order valence-corrected chi connectivity index (χ2v) is 3.77. The van der Waals surface area contributed by atoms with Crippen LogP contribution in [0.4, 0.5) is 0 Å². The molecule has 0 aliphatic heterocycles. The molecule has 1 rings (SSSR count). The molecule has 0 bridgehead atoms. The topological polar surface area (TPSA) is 63.0 Å². The van der Waals surface area contributed by atoms with Crippen LogP contribution in [0.5, 0.6) is 0 Å². The molecule has 0 spiro atoms. The van der Waals surface area contributed by atoms with Crippen LogP contribution in [0.25, 0.3) is 0 Å². The maximum atomic E-state index is 9.22. The molecular weight excluding hydrogens is 204 g/mol. The Labute approximate surface area is 96.9 Å². The molecule has 0 saturated heterocycles. The number of hydrogen-bond donors (Lipinski definition) is 2. The molecule has 1 aromatic heterocycles. The first-order chi connectivity index (χ1) is 7.74. The first-order valence-corrected chi connectivity index (χ1v) is 6.01. The molecule has 92 valence electrons. The summed E-state index contributed by atoms with van der Waals surface area (Å²) < 4.78 is 1.91. The number of aliphatic hydroxyl groups excluding tert-OH is 1. The van der Waals surface area contributed by atoms with Crippen molar-refractivity contribution < 1.29 is 5.11 Å². The Balaban J connectivity index is 2.73. The van der Waals surface area contributed by atoms with Gasteiger partial charge < -0.3 is 10.4 Å². The van der Waals surface area contributed by atoms with Crippen molar-refractivity contribution in [3.8, 4) is 0 Å². The van der Waals surface area contributed by atoms with Gasteiger partial charge >= 0.3 is 0 Å². The van der Waals surface area contributed by atoms with Gasteiger partial charge in [0, 0.05) is 18.9 Å². The van der Waals surface area contributed by atoms with Crippen LogP contribution in [0.2, 0.25) is 0 Å². The molecule has 1 aromatic rings. The summed E-state index contributed by atoms with van der Waals surface area (Å²) in [5.74, 6) is 1.87. The zero-order valence-corrected chi connectivity index (χ0v) is 10.4. The average molecular weight is 226 g/mol. The van der Waals surface area contributed by atoms with Crippen LogP contribution in [0.15, 0.2) is 0 Å². The summed E-state index contributed by atoms with van der Waals surface area (Å²) in [5, 5.41) is 16.9. The van der Waals surface area contributed by atoms with E-state index in [1.54, 1.807) is 0 Å². The zero-order valence-electron chi connectivity index (χ0n) is 10.4. The van der Waals surface area contributed by atoms with Gasteiger partial charge in [0.2, 0.25) is 0 Å². The van der Waals surface area contributed by atoms with Crippen molar-refractivity contribution in [3.05, 3.63) is 11.6 Å². The quantitative estimate of drug-likeness (QED) is 0.705. The molecule has 0 fully saturated rings. The fourth-order valence-corrected chi connectivity index (χ4v) is 1.67. The lowest BCUT2D eigenvalue weighted by Gasteiger charge is -2.15. The summed E-state index contributed by atoms with van der Waals surface area (Å²) in [6, 6.07) is 0.0571. The number of likely N-dealkylation sites (N-methyl/N-ethyl adjacent to an activating group) is 1. The predicted octanol–water partition coefficient (Wildman–Crippen LogP) is 0.373. The molecule has 0 amide bonds. The van der Waals surface area contributed by atoms with Gasteiger partial charge in [-0.05, 0) is 6.54 Å². The molecule has 1 atom stereocenters. The highest BCUT2D eigenvalue weighted by molar-refractivity contribution is 4.93. The molecular formula is C11H22N4O. The van der Waals surface area contributed by atoms with E-state index in [1.165, 1.54) is 0 Å². The van der Waals surface area contributed by atoms with Crippen molar-refractivity contribution in [3.63, 3.8) is 0 Å². The molecule has 16 heavy (non-hydrogen) atoms. The SMILES string of the molecule is CCNC(CO)Cn1nc(CC)nc1CC. The summed E-state index contributed by atoms with van der Waals surface area (Å²) in [6.07, 6.45) is 1.72. The van der Waals surface area contributed by atoms with Crippen molar-refractivity contribution in [2.45, 2.75) is 46.2 Å². The van der Waals surface area contributed by atoms with Crippen LogP contribution >= 0.6 is 0 Å². The van der Waals surface area contributed by atoms with Gasteiger partial charge in [-0.25, -0.2) is 9.67 Å². The smallest absolute Gasteiger partial charge is 0.150 e. The van der Waals surface area contributed by atoms with E-state index < -0.39 is 0 Å². The lowest BCUT2D eigenvalue weighted by atomic mass is 10.3. The van der Waals surface area contributed by atoms with Crippen molar-refractivity contribution in [2.75, 3.05) is 13.2 Å². The van der Waals surface area contributed by atoms with E-state index in [0.717, 1.165) is 31.0 Å². The van der Waals surface area contributed by atoms with Gasteiger partial charge in [-0.3, -0.25) is 0 Å². The van der Waals surface area contributed by atoms with Crippen LogP contribution in [-0.4, -0.2) is 39.1 Å². The lowest BCUT2D eigenvalue weighted by molar-refractivity contribution is 0.226. The monoisotopic (exact) mass is 226 g/mol. The third-order valence-electron chi connectivity index (χ3n) is 2.53. The van der Waals surface area contributed by atoms with Crippen LogP contribution in [0.1, 0.15) is 32.4 Å². The largest absolute Gasteiger partial charge is 0.395 e. The first kappa shape index (κ1) is 13.1. The summed E-state index contributed by atoms with van der Waals surface area (Å²) in [6.45, 7) is 7.80. The molecule has 5 nitrogen and oxygen atoms in total. The second kappa shape index (κ2) is 6.60. The highest BCUT2D eigenvalue weighted by atomic mass is 16.3. The van der Waals surface area contributed by atoms with Crippen LogP contribution < -0.4 is 5.32 Å². The fraction of sp³-hybridized carbons (Fsp3) is 0.818. The Hall–Kier alpha value is -0.940. The van der Waals surface area contributed by atoms with E-state index in [-0.39, 0.29) is 12.6 Å². The van der Waals surface area contributed by atoms with E-state index in [2.05, 4.69) is 22.3 Å². The van der Waals surface area contributed by atoms with Crippen molar-refractivity contribution in [1.29, 1.82) is 0 Å². The Morgan fingerprint density at radius 1 is 1.31 bits per heavy atom. The molecule has 0 aliphatic carbocycles. The van der Waals surface area contributed by atoms with E-state index in [0.29, 0.717) is 6.54 Å². The van der Waals surface area contributed by atoms with Gasteiger partial charge in [0.1, 0.15) is 5.82 Å². The van der Waals surface area contributed by atoms with Crippen molar-refractivity contribution >= 4 is 0 Å². The number of aliphatic hydroxyl groups is 1. The second-order valence-electron chi connectivity index (χ2n) is 3.77. The van der Waals surface area contributed by atoms with E-state index in [1.807, 2.05) is 18.5 Å². The third kappa shape index (κ3) is 3.28. The molecule has 0 aliphatic rings. The van der Waals surface area contributed by atoms with Crippen molar-refractivity contribution in [2.24, 2.45) is 0 Å². The predicted molar refractivity (Wildman–Crippen MR) is 63.3 cm³/mol. The lowest BCUT2D eigenvalue weighted by Crippen LogP contribution is -2.37. The van der Waals surface area contributed by atoms with Gasteiger partial charge in [-0.15, -0.1) is 0 Å². The Morgan fingerprint density at radius 3 is 2.56 bits per heavy atom. The van der Waals surface area contributed by atoms with E-state index in [4.69, 9.17) is 0 Å². The zero-order chi connectivity index (χ0) is 12.0. The van der Waals surface area contributed by atoms with Crippen LogP contribution in [-0.2, 0) is 19.4 Å². The Kier molecular flexibility index (Phi) is 5.42. The standard InChI is InChI=1S/C11H22N4O/c1-4-10-13-11(5-2)15(14-10)7-9(8-16)12-6-3/h9,12,16H,4-8H2,1-3H3. The molecule has 2 N–H and O–H groups in total. The van der Waals surface area contributed by atoms with Gasteiger partial charge in [0.15, 0.2) is 5.82 Å². The highest BCUT2D eigenvalue weighted by Gasteiger charge is 2.12. The number of aryl methyl sites for hydroxylation is 2. The minimum atomic E-state index is 0.0571. The molecule has 5 heteroatoms. The van der Waals surface area contributed by atoms with Gasteiger partial charge in [-0.2, -0.15) is 5.10 Å². The van der Waals surface area contributed by atoms with E-state index in [9.17, 15) is 5.11 Å². The molecule has 0 radical (unpaired) electrons. The Bertz CT molecular complexity index is 311. The normalized spacial score (nSPS) is 13.0. The fourth-order valence-electron chi connectivity index (χ4n) is 1.67. The highest BCUT2D eigenvalue weighted by Crippen LogP contribution is 2.02. The van der Waals surface area contributed by atoms with Gasteiger partial charge in [-0.1, -0.05) is 20.8 Å². The van der Waals surface area contributed by atoms with Crippen LogP contribution in [0, 0.1) is 0 Å². The third-order valence-corrected chi connectivity index (χ3v) is 2.53. The maximum Gasteiger partial charge on any atom is 0.150 e. The maximum absolute atomic E-state index is 9.22. The van der Waals surface area contributed by atoms with E-state index >= 15 is 0 Å². The first-order valence-electron chi connectivity index (χ1n) is 6.01. The number of nitrogens with zero attached hydrogens (tertiary/aromatic N) is 3. The minimum absolute atomic E-state index is 0.0571. The molecule has 0 saturated carbocycles. The number of aromatic nitrogens is 3. The number of hydrogen-bond acceptors (Lipinski definition) is 4. The number of rotatable bonds is 7. The minimum Gasteiger partial charge on any atom is -0.395 e. The van der Waals surface area contributed by atoms with Crippen molar-refractivity contribution in [1.82, 2.24) is 20.1 Å². The summed E-state index contributed by atoms with van der Waals surface area (Å²) >= 11 is 0. The Morgan fingerprint density at radius 2 is 2.06 bits per heavy atom. The van der Waals surface area contributed by atoms with Crippen LogP contribution in [0.3, 0.4) is 0 Å². The molecule has 1 unspecified atom stereocenters. The number of nitrogens with one attached hydrogen (secondary N) is 1.